The Morgan fingerprint density at radius 1 is 1.42 bits per heavy atom. The summed E-state index contributed by atoms with van der Waals surface area (Å²) in [6.07, 6.45) is -1.20. The van der Waals surface area contributed by atoms with E-state index in [4.69, 9.17) is 9.47 Å². The van der Waals surface area contributed by atoms with E-state index in [0.717, 1.165) is 19.2 Å². The molecule has 0 aliphatic carbocycles. The van der Waals surface area contributed by atoms with Crippen molar-refractivity contribution in [3.63, 3.8) is 0 Å². The predicted molar refractivity (Wildman–Crippen MR) is 86.4 cm³/mol. The van der Waals surface area contributed by atoms with E-state index < -0.39 is 11.9 Å². The van der Waals surface area contributed by atoms with E-state index in [1.165, 1.54) is 0 Å². The normalized spacial score (nSPS) is 23.1. The van der Waals surface area contributed by atoms with E-state index >= 15 is 0 Å². The van der Waals surface area contributed by atoms with Crippen molar-refractivity contribution in [2.75, 3.05) is 40.0 Å². The quantitative estimate of drug-likeness (QED) is 0.763. The minimum absolute atomic E-state index is 0.0221. The maximum Gasteiger partial charge on any atom is 0.434 e. The topological polar surface area (TPSA) is 56.6 Å². The molecule has 0 radical (unpaired) electrons. The summed E-state index contributed by atoms with van der Waals surface area (Å²) in [5.74, 6) is 0.810. The summed E-state index contributed by atoms with van der Waals surface area (Å²) in [6.45, 7) is 2.90. The minimum atomic E-state index is -4.42. The zero-order valence-corrected chi connectivity index (χ0v) is 14.8. The van der Waals surface area contributed by atoms with Gasteiger partial charge in [-0.2, -0.15) is 13.2 Å². The first kappa shape index (κ1) is 19.2. The number of aryl methyl sites for hydroxylation is 1. The Kier molecular flexibility index (Phi) is 5.86. The lowest BCUT2D eigenvalue weighted by Gasteiger charge is -2.28. The van der Waals surface area contributed by atoms with Crippen LogP contribution >= 0.6 is 0 Å². The summed E-state index contributed by atoms with van der Waals surface area (Å²) < 4.78 is 50.6. The van der Waals surface area contributed by atoms with Crippen LogP contribution in [0.25, 0.3) is 0 Å². The second-order valence-electron chi connectivity index (χ2n) is 7.12. The average molecular weight is 375 g/mol. The van der Waals surface area contributed by atoms with Crippen molar-refractivity contribution in [3.05, 3.63) is 17.7 Å². The van der Waals surface area contributed by atoms with Crippen LogP contribution in [0.2, 0.25) is 0 Å². The molecule has 3 heterocycles. The summed E-state index contributed by atoms with van der Waals surface area (Å²) in [5.41, 5.74) is -0.845. The van der Waals surface area contributed by atoms with Crippen LogP contribution in [0, 0.1) is 11.8 Å². The van der Waals surface area contributed by atoms with Gasteiger partial charge in [-0.25, -0.2) is 4.98 Å². The molecule has 0 saturated carbocycles. The highest BCUT2D eigenvalue weighted by Crippen LogP contribution is 2.30. The second kappa shape index (κ2) is 7.96. The Morgan fingerprint density at radius 3 is 2.92 bits per heavy atom. The van der Waals surface area contributed by atoms with Gasteiger partial charge in [0, 0.05) is 45.3 Å². The number of imidazole rings is 1. The summed E-state index contributed by atoms with van der Waals surface area (Å²) >= 11 is 0. The maximum atomic E-state index is 12.8. The summed E-state index contributed by atoms with van der Waals surface area (Å²) in [5, 5.41) is 0. The van der Waals surface area contributed by atoms with Crippen LogP contribution < -0.4 is 0 Å². The maximum absolute atomic E-state index is 12.8. The molecule has 0 unspecified atom stereocenters. The standard InChI is InChI=1S/C17H24F3N3O3/c1-22(16(24)11-26-10-13-4-5-25-9-13)6-12-2-3-15-21-14(17(18,19)20)8-23(15)7-12/h8,12-13H,2-7,9-11H2,1H3/t12-,13+/m0/s1. The Balaban J connectivity index is 1.45. The zero-order chi connectivity index (χ0) is 18.7. The molecule has 146 valence electrons. The monoisotopic (exact) mass is 375 g/mol. The number of hydrogen-bond acceptors (Lipinski definition) is 4. The van der Waals surface area contributed by atoms with Gasteiger partial charge < -0.3 is 18.9 Å². The number of hydrogen-bond donors (Lipinski definition) is 0. The molecule has 6 nitrogen and oxygen atoms in total. The Morgan fingerprint density at radius 2 is 2.23 bits per heavy atom. The van der Waals surface area contributed by atoms with Gasteiger partial charge in [0.25, 0.3) is 0 Å². The van der Waals surface area contributed by atoms with E-state index in [1.54, 1.807) is 16.5 Å². The number of amides is 1. The van der Waals surface area contributed by atoms with Gasteiger partial charge in [-0.3, -0.25) is 4.79 Å². The molecule has 1 amide bonds. The Hall–Kier alpha value is -1.61. The molecule has 2 aliphatic rings. The van der Waals surface area contributed by atoms with Gasteiger partial charge in [0.1, 0.15) is 12.4 Å². The first-order chi connectivity index (χ1) is 12.3. The van der Waals surface area contributed by atoms with Crippen molar-refractivity contribution in [1.29, 1.82) is 0 Å². The third kappa shape index (κ3) is 4.76. The summed E-state index contributed by atoms with van der Waals surface area (Å²) in [6, 6.07) is 0. The number of carbonyl (C=O) groups is 1. The first-order valence-corrected chi connectivity index (χ1v) is 8.85. The number of rotatable bonds is 6. The van der Waals surface area contributed by atoms with Gasteiger partial charge in [0.15, 0.2) is 5.69 Å². The molecule has 0 aromatic carbocycles. The highest BCUT2D eigenvalue weighted by atomic mass is 19.4. The van der Waals surface area contributed by atoms with E-state index in [0.29, 0.717) is 50.9 Å². The smallest absolute Gasteiger partial charge is 0.381 e. The number of fused-ring (bicyclic) bond motifs is 1. The average Bonchev–Trinajstić information content (AvgIpc) is 3.22. The van der Waals surface area contributed by atoms with Crippen molar-refractivity contribution >= 4 is 5.91 Å². The molecule has 0 spiro atoms. The highest BCUT2D eigenvalue weighted by molar-refractivity contribution is 5.77. The molecule has 26 heavy (non-hydrogen) atoms. The van der Waals surface area contributed by atoms with Crippen LogP contribution in [0.5, 0.6) is 0 Å². The van der Waals surface area contributed by atoms with Crippen molar-refractivity contribution in [3.8, 4) is 0 Å². The molecule has 1 aromatic heterocycles. The molecule has 3 rings (SSSR count). The van der Waals surface area contributed by atoms with Crippen molar-refractivity contribution in [1.82, 2.24) is 14.5 Å². The van der Waals surface area contributed by atoms with E-state index in [1.807, 2.05) is 0 Å². The SMILES string of the molecule is CN(C[C@@H]1CCc2nc(C(F)(F)F)cn2C1)C(=O)COC[C@@H]1CCOC1. The number of alkyl halides is 3. The fourth-order valence-electron chi connectivity index (χ4n) is 3.43. The fourth-order valence-corrected chi connectivity index (χ4v) is 3.43. The number of aromatic nitrogens is 2. The lowest BCUT2D eigenvalue weighted by molar-refractivity contribution is -0.141. The Bertz CT molecular complexity index is 627. The van der Waals surface area contributed by atoms with Crippen molar-refractivity contribution in [2.24, 2.45) is 11.8 Å². The molecule has 9 heteroatoms. The third-order valence-electron chi connectivity index (χ3n) is 4.94. The van der Waals surface area contributed by atoms with Crippen LogP contribution in [0.3, 0.4) is 0 Å². The van der Waals surface area contributed by atoms with Crippen LogP contribution in [0.1, 0.15) is 24.4 Å². The predicted octanol–water partition coefficient (Wildman–Crippen LogP) is 1.98. The van der Waals surface area contributed by atoms with Crippen molar-refractivity contribution < 1.29 is 27.4 Å². The molecular weight excluding hydrogens is 351 g/mol. The third-order valence-corrected chi connectivity index (χ3v) is 4.94. The zero-order valence-electron chi connectivity index (χ0n) is 14.8. The largest absolute Gasteiger partial charge is 0.434 e. The number of likely N-dealkylation sites (N-methyl/N-ethyl adjacent to an activating group) is 1. The van der Waals surface area contributed by atoms with E-state index in [2.05, 4.69) is 4.98 Å². The number of ether oxygens (including phenoxy) is 2. The molecule has 1 aromatic rings. The molecule has 1 saturated heterocycles. The van der Waals surface area contributed by atoms with Crippen LogP contribution in [-0.4, -0.2) is 60.4 Å². The molecule has 0 bridgehead atoms. The first-order valence-electron chi connectivity index (χ1n) is 8.85. The molecule has 0 N–H and O–H groups in total. The molecule has 1 fully saturated rings. The van der Waals surface area contributed by atoms with Gasteiger partial charge >= 0.3 is 6.18 Å². The molecule has 2 atom stereocenters. The minimum Gasteiger partial charge on any atom is -0.381 e. The van der Waals surface area contributed by atoms with Crippen LogP contribution in [0.4, 0.5) is 13.2 Å². The van der Waals surface area contributed by atoms with Gasteiger partial charge in [-0.1, -0.05) is 0 Å². The van der Waals surface area contributed by atoms with Gasteiger partial charge in [0.05, 0.1) is 13.2 Å². The lowest BCUT2D eigenvalue weighted by atomic mass is 9.99. The van der Waals surface area contributed by atoms with Gasteiger partial charge in [0.2, 0.25) is 5.91 Å². The highest BCUT2D eigenvalue weighted by Gasteiger charge is 2.36. The number of nitrogens with zero attached hydrogens (tertiary/aromatic N) is 3. The fraction of sp³-hybridized carbons (Fsp3) is 0.765. The second-order valence-corrected chi connectivity index (χ2v) is 7.12. The number of halogens is 3. The van der Waals surface area contributed by atoms with Gasteiger partial charge in [-0.15, -0.1) is 0 Å². The van der Waals surface area contributed by atoms with Crippen LogP contribution in [-0.2, 0) is 33.4 Å². The van der Waals surface area contributed by atoms with Crippen molar-refractivity contribution in [2.45, 2.75) is 32.0 Å². The van der Waals surface area contributed by atoms with E-state index in [9.17, 15) is 18.0 Å². The van der Waals surface area contributed by atoms with E-state index in [-0.39, 0.29) is 18.4 Å². The summed E-state index contributed by atoms with van der Waals surface area (Å²) in [7, 11) is 1.70. The lowest BCUT2D eigenvalue weighted by Crippen LogP contribution is -2.37. The Labute approximate surface area is 150 Å². The molecule has 2 aliphatic heterocycles. The number of carbonyl (C=O) groups excluding carboxylic acids is 1. The molecular formula is C17H24F3N3O3. The van der Waals surface area contributed by atoms with Gasteiger partial charge in [-0.05, 0) is 18.8 Å². The van der Waals surface area contributed by atoms with Crippen LogP contribution in [0.15, 0.2) is 6.20 Å². The summed E-state index contributed by atoms with van der Waals surface area (Å²) in [4.78, 5) is 17.4.